The monoisotopic (exact) mass is 339 g/mol. The summed E-state index contributed by atoms with van der Waals surface area (Å²) in [5, 5.41) is 14.8. The van der Waals surface area contributed by atoms with E-state index in [2.05, 4.69) is 59.9 Å². The molecule has 25 heavy (non-hydrogen) atoms. The summed E-state index contributed by atoms with van der Waals surface area (Å²) in [4.78, 5) is 7.27. The van der Waals surface area contributed by atoms with Gasteiger partial charge >= 0.3 is 0 Å². The third kappa shape index (κ3) is 2.43. The molecule has 5 rings (SSSR count). The molecule has 1 fully saturated rings. The number of anilines is 1. The van der Waals surface area contributed by atoms with E-state index in [0.29, 0.717) is 0 Å². The van der Waals surface area contributed by atoms with Gasteiger partial charge in [0.15, 0.2) is 0 Å². The largest absolute Gasteiger partial charge is 0.304 e. The van der Waals surface area contributed by atoms with Crippen molar-refractivity contribution >= 4 is 17.0 Å². The number of hydrogen-bond acceptors (Lipinski definition) is 7. The number of para-hydroxylation sites is 2. The van der Waals surface area contributed by atoms with Crippen molar-refractivity contribution in [2.75, 3.05) is 49.9 Å². The Bertz CT molecular complexity index is 863. The first-order chi connectivity index (χ1) is 12.3. The number of fused-ring (bicyclic) bond motifs is 3. The van der Waals surface area contributed by atoms with Crippen molar-refractivity contribution in [3.63, 3.8) is 0 Å². The van der Waals surface area contributed by atoms with Crippen LogP contribution in [-0.4, -0.2) is 74.2 Å². The van der Waals surface area contributed by atoms with Gasteiger partial charge in [-0.25, -0.2) is 14.7 Å². The first-order valence-electron chi connectivity index (χ1n) is 8.56. The summed E-state index contributed by atoms with van der Waals surface area (Å²) in [5.74, 6) is 1.01. The number of benzene rings is 1. The fourth-order valence-corrected chi connectivity index (χ4v) is 3.57. The molecule has 2 aromatic heterocycles. The molecule has 2 aliphatic rings. The quantitative estimate of drug-likeness (QED) is 0.659. The van der Waals surface area contributed by atoms with E-state index in [9.17, 15) is 0 Å². The molecule has 3 aromatic rings. The Labute approximate surface area is 145 Å². The molecule has 0 amide bonds. The second kappa shape index (κ2) is 5.71. The summed E-state index contributed by atoms with van der Waals surface area (Å²) in [6.07, 6.45) is 3.48. The predicted octanol–water partition coefficient (Wildman–Crippen LogP) is 0.163. The SMILES string of the molecule is CN1CCN(N2CN(n3cnnc3)Cn3c2nc2ccccc23)CC1. The molecule has 0 aliphatic carbocycles. The second-order valence-corrected chi connectivity index (χ2v) is 6.62. The predicted molar refractivity (Wildman–Crippen MR) is 94.4 cm³/mol. The van der Waals surface area contributed by atoms with Crippen molar-refractivity contribution in [1.29, 1.82) is 0 Å². The van der Waals surface area contributed by atoms with Crippen molar-refractivity contribution in [2.45, 2.75) is 6.67 Å². The van der Waals surface area contributed by atoms with Crippen molar-refractivity contribution in [1.82, 2.24) is 34.3 Å². The van der Waals surface area contributed by atoms with Crippen LogP contribution in [-0.2, 0) is 6.67 Å². The minimum Gasteiger partial charge on any atom is -0.304 e. The molecule has 0 unspecified atom stereocenters. The highest BCUT2D eigenvalue weighted by atomic mass is 15.8. The maximum atomic E-state index is 4.91. The third-order valence-corrected chi connectivity index (χ3v) is 5.02. The molecular formula is C16H21N9. The molecule has 0 spiro atoms. The zero-order valence-electron chi connectivity index (χ0n) is 14.2. The van der Waals surface area contributed by atoms with Crippen LogP contribution in [0.25, 0.3) is 11.0 Å². The molecule has 1 saturated heterocycles. The Kier molecular flexibility index (Phi) is 3.35. The lowest BCUT2D eigenvalue weighted by molar-refractivity contribution is 0.131. The Morgan fingerprint density at radius 3 is 2.44 bits per heavy atom. The number of rotatable bonds is 2. The van der Waals surface area contributed by atoms with Gasteiger partial charge in [-0.3, -0.25) is 14.6 Å². The molecule has 9 nitrogen and oxygen atoms in total. The zero-order valence-corrected chi connectivity index (χ0v) is 14.2. The lowest BCUT2D eigenvalue weighted by Crippen LogP contribution is -2.60. The maximum absolute atomic E-state index is 4.91. The topological polar surface area (TPSA) is 61.5 Å². The fourth-order valence-electron chi connectivity index (χ4n) is 3.57. The summed E-state index contributed by atoms with van der Waals surface area (Å²) in [6.45, 7) is 5.56. The minimum atomic E-state index is 0.720. The van der Waals surface area contributed by atoms with Gasteiger partial charge in [-0.1, -0.05) is 12.1 Å². The summed E-state index contributed by atoms with van der Waals surface area (Å²) in [5.41, 5.74) is 2.18. The van der Waals surface area contributed by atoms with E-state index in [-0.39, 0.29) is 0 Å². The van der Waals surface area contributed by atoms with Gasteiger partial charge in [0.2, 0.25) is 5.95 Å². The maximum Gasteiger partial charge on any atom is 0.224 e. The van der Waals surface area contributed by atoms with Gasteiger partial charge < -0.3 is 4.90 Å². The first kappa shape index (κ1) is 14.7. The Balaban J connectivity index is 1.57. The molecule has 2 aliphatic heterocycles. The van der Waals surface area contributed by atoms with E-state index in [0.717, 1.165) is 56.5 Å². The van der Waals surface area contributed by atoms with E-state index in [1.807, 2.05) is 10.7 Å². The standard InChI is InChI=1S/C16H21N9/c1-20-6-8-21(9-7-20)25-13-23(22-10-17-18-11-22)12-24-15-5-3-2-4-14(15)19-16(24)25/h2-5,10-11H,6-9,12-13H2,1H3. The van der Waals surface area contributed by atoms with Crippen molar-refractivity contribution in [3.05, 3.63) is 36.9 Å². The van der Waals surface area contributed by atoms with Crippen LogP contribution in [0.15, 0.2) is 36.9 Å². The van der Waals surface area contributed by atoms with E-state index in [4.69, 9.17) is 4.98 Å². The number of hydrazine groups is 1. The normalized spacial score (nSPS) is 19.6. The molecule has 0 atom stereocenters. The Morgan fingerprint density at radius 1 is 0.880 bits per heavy atom. The lowest BCUT2D eigenvalue weighted by Gasteiger charge is -2.45. The molecule has 0 N–H and O–H groups in total. The smallest absolute Gasteiger partial charge is 0.224 e. The Morgan fingerprint density at radius 2 is 1.64 bits per heavy atom. The van der Waals surface area contributed by atoms with Gasteiger partial charge in [0.05, 0.1) is 11.0 Å². The highest BCUT2D eigenvalue weighted by Gasteiger charge is 2.31. The van der Waals surface area contributed by atoms with Gasteiger partial charge in [-0.15, -0.1) is 10.2 Å². The van der Waals surface area contributed by atoms with E-state index in [1.54, 1.807) is 12.7 Å². The number of nitrogens with zero attached hydrogens (tertiary/aromatic N) is 9. The van der Waals surface area contributed by atoms with Gasteiger partial charge in [0.1, 0.15) is 26.0 Å². The number of imidazole rings is 1. The average molecular weight is 339 g/mol. The van der Waals surface area contributed by atoms with Crippen LogP contribution in [0.2, 0.25) is 0 Å². The molecule has 0 radical (unpaired) electrons. The van der Waals surface area contributed by atoms with Crippen LogP contribution < -0.4 is 10.0 Å². The van der Waals surface area contributed by atoms with Crippen LogP contribution in [0.1, 0.15) is 0 Å². The highest BCUT2D eigenvalue weighted by Crippen LogP contribution is 2.27. The van der Waals surface area contributed by atoms with Gasteiger partial charge in [-0.2, -0.15) is 0 Å². The molecule has 0 bridgehead atoms. The first-order valence-corrected chi connectivity index (χ1v) is 8.56. The fraction of sp³-hybridized carbons (Fsp3) is 0.438. The number of piperazine rings is 1. The molecular weight excluding hydrogens is 318 g/mol. The molecule has 4 heterocycles. The second-order valence-electron chi connectivity index (χ2n) is 6.62. The van der Waals surface area contributed by atoms with Gasteiger partial charge in [-0.05, 0) is 19.2 Å². The molecule has 9 heteroatoms. The van der Waals surface area contributed by atoms with E-state index < -0.39 is 0 Å². The van der Waals surface area contributed by atoms with Crippen molar-refractivity contribution in [2.24, 2.45) is 0 Å². The summed E-state index contributed by atoms with van der Waals surface area (Å²) < 4.78 is 4.21. The van der Waals surface area contributed by atoms with Crippen molar-refractivity contribution in [3.8, 4) is 0 Å². The summed E-state index contributed by atoms with van der Waals surface area (Å²) >= 11 is 0. The number of aromatic nitrogens is 5. The van der Waals surface area contributed by atoms with Crippen LogP contribution in [0.3, 0.4) is 0 Å². The van der Waals surface area contributed by atoms with E-state index >= 15 is 0 Å². The third-order valence-electron chi connectivity index (χ3n) is 5.02. The highest BCUT2D eigenvalue weighted by molar-refractivity contribution is 5.79. The Hall–Kier alpha value is -2.65. The average Bonchev–Trinajstić information content (AvgIpc) is 3.29. The molecule has 130 valence electrons. The van der Waals surface area contributed by atoms with Crippen molar-refractivity contribution < 1.29 is 0 Å². The molecule has 0 saturated carbocycles. The van der Waals surface area contributed by atoms with Crippen LogP contribution in [0, 0.1) is 0 Å². The van der Waals surface area contributed by atoms with E-state index in [1.165, 1.54) is 0 Å². The summed E-state index contributed by atoms with van der Waals surface area (Å²) in [6, 6.07) is 8.31. The van der Waals surface area contributed by atoms with Crippen LogP contribution >= 0.6 is 0 Å². The lowest BCUT2D eigenvalue weighted by atomic mass is 10.3. The number of likely N-dealkylation sites (N-methyl/N-ethyl adjacent to an activating group) is 1. The van der Waals surface area contributed by atoms with Crippen LogP contribution in [0.5, 0.6) is 0 Å². The van der Waals surface area contributed by atoms with Gasteiger partial charge in [0.25, 0.3) is 0 Å². The minimum absolute atomic E-state index is 0.720. The zero-order chi connectivity index (χ0) is 16.8. The van der Waals surface area contributed by atoms with Crippen LogP contribution in [0.4, 0.5) is 5.95 Å². The number of hydrogen-bond donors (Lipinski definition) is 0. The summed E-state index contributed by atoms with van der Waals surface area (Å²) in [7, 11) is 2.17. The van der Waals surface area contributed by atoms with Gasteiger partial charge in [0, 0.05) is 26.2 Å². The molecule has 1 aromatic carbocycles.